The topological polar surface area (TPSA) is 0 Å². The van der Waals surface area contributed by atoms with E-state index >= 15 is 0 Å². The lowest BCUT2D eigenvalue weighted by molar-refractivity contribution is 0.0383. The lowest BCUT2D eigenvalue weighted by Crippen LogP contribution is -2.48. The maximum absolute atomic E-state index is 6.29. The molecule has 0 aliphatic heterocycles. The van der Waals surface area contributed by atoms with E-state index in [-0.39, 0.29) is 0 Å². The third-order valence-electron chi connectivity index (χ3n) is 5.46. The maximum atomic E-state index is 6.29. The fraction of sp³-hybridized carbons (Fsp3) is 0.647. The van der Waals surface area contributed by atoms with Crippen molar-refractivity contribution in [2.24, 2.45) is 17.8 Å². The van der Waals surface area contributed by atoms with E-state index in [0.717, 1.165) is 22.8 Å². The first-order valence-electron chi connectivity index (χ1n) is 7.57. The average molecular weight is 293 g/mol. The zero-order valence-corrected chi connectivity index (χ0v) is 13.1. The van der Waals surface area contributed by atoms with Gasteiger partial charge in [-0.25, -0.2) is 0 Å². The highest BCUT2D eigenvalue weighted by molar-refractivity contribution is 8.00. The van der Waals surface area contributed by atoms with Crippen molar-refractivity contribution in [2.75, 3.05) is 0 Å². The van der Waals surface area contributed by atoms with Gasteiger partial charge < -0.3 is 0 Å². The summed E-state index contributed by atoms with van der Waals surface area (Å²) in [5.74, 6) is 3.08. The monoisotopic (exact) mass is 292 g/mol. The number of benzene rings is 1. The number of hydrogen-bond acceptors (Lipinski definition) is 1. The first-order chi connectivity index (χ1) is 9.12. The van der Waals surface area contributed by atoms with Crippen molar-refractivity contribution in [3.63, 3.8) is 0 Å². The summed E-state index contributed by atoms with van der Waals surface area (Å²) in [5.41, 5.74) is 1.19. The maximum Gasteiger partial charge on any atom is 0.0446 e. The molecule has 0 unspecified atom stereocenters. The molecule has 4 fully saturated rings. The van der Waals surface area contributed by atoms with Crippen molar-refractivity contribution in [3.8, 4) is 0 Å². The molecule has 19 heavy (non-hydrogen) atoms. The van der Waals surface area contributed by atoms with Gasteiger partial charge in [0.25, 0.3) is 0 Å². The Balaban J connectivity index is 1.60. The van der Waals surface area contributed by atoms with E-state index in [2.05, 4.69) is 36.9 Å². The Morgan fingerprint density at radius 1 is 1.05 bits per heavy atom. The fourth-order valence-corrected chi connectivity index (χ4v) is 7.06. The quantitative estimate of drug-likeness (QED) is 0.673. The molecule has 4 saturated carbocycles. The van der Waals surface area contributed by atoms with Crippen molar-refractivity contribution < 1.29 is 0 Å². The van der Waals surface area contributed by atoms with Crippen molar-refractivity contribution >= 4 is 23.4 Å². The predicted octanol–water partition coefficient (Wildman–Crippen LogP) is 5.71. The largest absolute Gasteiger partial charge is 0.119 e. The Kier molecular flexibility index (Phi) is 2.93. The van der Waals surface area contributed by atoms with Gasteiger partial charge in [0.1, 0.15) is 0 Å². The van der Waals surface area contributed by atoms with Crippen LogP contribution in [-0.2, 0) is 0 Å². The molecule has 4 aliphatic rings. The van der Waals surface area contributed by atoms with Crippen LogP contribution in [0.4, 0.5) is 0 Å². The van der Waals surface area contributed by atoms with E-state index in [4.69, 9.17) is 11.6 Å². The van der Waals surface area contributed by atoms with E-state index in [9.17, 15) is 0 Å². The highest BCUT2D eigenvalue weighted by Crippen LogP contribution is 2.61. The van der Waals surface area contributed by atoms with Gasteiger partial charge in [0, 0.05) is 14.7 Å². The van der Waals surface area contributed by atoms with Gasteiger partial charge in [-0.3, -0.25) is 0 Å². The smallest absolute Gasteiger partial charge is 0.0446 e. The van der Waals surface area contributed by atoms with Crippen LogP contribution in [0.5, 0.6) is 0 Å². The first kappa shape index (κ1) is 12.6. The Morgan fingerprint density at radius 2 is 1.63 bits per heavy atom. The molecule has 4 aliphatic carbocycles. The third kappa shape index (κ3) is 2.23. The summed E-state index contributed by atoms with van der Waals surface area (Å²) in [4.78, 5) is 1.39. The van der Waals surface area contributed by atoms with Crippen LogP contribution >= 0.6 is 23.4 Å². The second-order valence-corrected chi connectivity index (χ2v) is 9.06. The van der Waals surface area contributed by atoms with Gasteiger partial charge in [-0.05, 0) is 80.9 Å². The molecule has 0 radical (unpaired) electrons. The highest BCUT2D eigenvalue weighted by atomic mass is 35.5. The number of rotatable bonds is 2. The van der Waals surface area contributed by atoms with Gasteiger partial charge in [-0.1, -0.05) is 17.7 Å². The molecule has 4 bridgehead atoms. The van der Waals surface area contributed by atoms with Crippen LogP contribution in [0.3, 0.4) is 0 Å². The minimum atomic E-state index is 0.549. The van der Waals surface area contributed by atoms with Gasteiger partial charge in [-0.2, -0.15) is 0 Å². The second kappa shape index (κ2) is 4.43. The van der Waals surface area contributed by atoms with Crippen molar-refractivity contribution in [2.45, 2.75) is 55.1 Å². The Bertz CT molecular complexity index is 473. The molecule has 2 heteroatoms. The second-order valence-electron chi connectivity index (χ2n) is 7.11. The summed E-state index contributed by atoms with van der Waals surface area (Å²) in [6.45, 7) is 2.08. The standard InChI is InChI=1S/C17H21ClS/c1-11-2-3-15(7-16(11)18)19-17-8-12-4-13(9-17)6-14(5-12)10-17/h2-3,7,12-14H,4-6,8-10H2,1H3. The third-order valence-corrected chi connectivity index (χ3v) is 7.29. The molecule has 1 aromatic rings. The molecule has 5 rings (SSSR count). The highest BCUT2D eigenvalue weighted by Gasteiger charge is 2.51. The summed E-state index contributed by atoms with van der Waals surface area (Å²) in [7, 11) is 0. The molecule has 0 atom stereocenters. The molecule has 0 heterocycles. The summed E-state index contributed by atoms with van der Waals surface area (Å²) in [6, 6.07) is 6.62. The van der Waals surface area contributed by atoms with Gasteiger partial charge >= 0.3 is 0 Å². The summed E-state index contributed by atoms with van der Waals surface area (Å²) >= 11 is 8.43. The van der Waals surface area contributed by atoms with Crippen LogP contribution in [0.2, 0.25) is 5.02 Å². The normalized spacial score (nSPS) is 39.8. The van der Waals surface area contributed by atoms with Crippen molar-refractivity contribution in [3.05, 3.63) is 28.8 Å². The first-order valence-corrected chi connectivity index (χ1v) is 8.76. The summed E-state index contributed by atoms with van der Waals surface area (Å²) in [6.07, 6.45) is 8.93. The molecule has 0 N–H and O–H groups in total. The predicted molar refractivity (Wildman–Crippen MR) is 82.9 cm³/mol. The van der Waals surface area contributed by atoms with Crippen LogP contribution in [-0.4, -0.2) is 4.75 Å². The minimum Gasteiger partial charge on any atom is -0.119 e. The van der Waals surface area contributed by atoms with Crippen LogP contribution in [0, 0.1) is 24.7 Å². The Morgan fingerprint density at radius 3 is 2.16 bits per heavy atom. The van der Waals surface area contributed by atoms with Gasteiger partial charge in [0.15, 0.2) is 0 Å². The van der Waals surface area contributed by atoms with Gasteiger partial charge in [0.2, 0.25) is 0 Å². The zero-order valence-electron chi connectivity index (χ0n) is 11.5. The molecular weight excluding hydrogens is 272 g/mol. The summed E-state index contributed by atoms with van der Waals surface area (Å²) in [5, 5.41) is 0.926. The molecule has 0 saturated heterocycles. The molecule has 0 nitrogen and oxygen atoms in total. The van der Waals surface area contributed by atoms with E-state index in [1.165, 1.54) is 49.0 Å². The lowest BCUT2D eigenvalue weighted by Gasteiger charge is -2.56. The number of aryl methyl sites for hydroxylation is 1. The Labute approximate surface area is 125 Å². The lowest BCUT2D eigenvalue weighted by atomic mass is 9.56. The van der Waals surface area contributed by atoms with Crippen LogP contribution in [0.1, 0.15) is 44.1 Å². The molecule has 0 spiro atoms. The van der Waals surface area contributed by atoms with Gasteiger partial charge in [0.05, 0.1) is 0 Å². The minimum absolute atomic E-state index is 0.549. The van der Waals surface area contributed by atoms with Gasteiger partial charge in [-0.15, -0.1) is 11.8 Å². The van der Waals surface area contributed by atoms with E-state index in [1.54, 1.807) is 0 Å². The average Bonchev–Trinajstić information content (AvgIpc) is 2.31. The Hall–Kier alpha value is -0.140. The SMILES string of the molecule is Cc1ccc(SC23CC4CC(CC(C4)C2)C3)cc1Cl. The molecule has 0 amide bonds. The van der Waals surface area contributed by atoms with Crippen LogP contribution in [0.25, 0.3) is 0 Å². The number of thioether (sulfide) groups is 1. The van der Waals surface area contributed by atoms with E-state index < -0.39 is 0 Å². The zero-order chi connectivity index (χ0) is 13.0. The molecular formula is C17H21ClS. The van der Waals surface area contributed by atoms with E-state index in [0.29, 0.717) is 4.75 Å². The number of hydrogen-bond donors (Lipinski definition) is 0. The molecule has 0 aromatic heterocycles. The number of halogens is 1. The van der Waals surface area contributed by atoms with Crippen LogP contribution < -0.4 is 0 Å². The fourth-order valence-electron chi connectivity index (χ4n) is 5.04. The van der Waals surface area contributed by atoms with Crippen molar-refractivity contribution in [1.29, 1.82) is 0 Å². The van der Waals surface area contributed by atoms with Crippen molar-refractivity contribution in [1.82, 2.24) is 0 Å². The molecule has 1 aromatic carbocycles. The summed E-state index contributed by atoms with van der Waals surface area (Å²) < 4.78 is 0.549. The van der Waals surface area contributed by atoms with E-state index in [1.807, 2.05) is 0 Å². The molecule has 102 valence electrons. The van der Waals surface area contributed by atoms with Crippen LogP contribution in [0.15, 0.2) is 23.1 Å².